The topological polar surface area (TPSA) is 80.7 Å². The van der Waals surface area contributed by atoms with E-state index in [0.717, 1.165) is 24.3 Å². The number of thioether (sulfide) groups is 1. The van der Waals surface area contributed by atoms with Gasteiger partial charge in [-0.1, -0.05) is 5.16 Å². The molecule has 1 aromatic rings. The van der Waals surface area contributed by atoms with Gasteiger partial charge in [-0.3, -0.25) is 4.98 Å². The lowest BCUT2D eigenvalue weighted by Crippen LogP contribution is -2.15. The lowest BCUT2D eigenvalue weighted by molar-refractivity contribution is 0.127. The van der Waals surface area contributed by atoms with Crippen LogP contribution in [0.25, 0.3) is 0 Å². The molecule has 1 aromatic heterocycles. The normalized spacial score (nSPS) is 24.4. The van der Waals surface area contributed by atoms with Crippen LogP contribution in [-0.2, 0) is 10.5 Å². The Kier molecular flexibility index (Phi) is 4.43. The van der Waals surface area contributed by atoms with Crippen molar-refractivity contribution in [3.8, 4) is 0 Å². The number of aromatic nitrogens is 1. The Morgan fingerprint density at radius 1 is 1.72 bits per heavy atom. The van der Waals surface area contributed by atoms with Gasteiger partial charge in [0.2, 0.25) is 0 Å². The van der Waals surface area contributed by atoms with E-state index in [1.165, 1.54) is 0 Å². The molecule has 5 nitrogen and oxygen atoms in total. The van der Waals surface area contributed by atoms with Gasteiger partial charge in [0, 0.05) is 23.8 Å². The van der Waals surface area contributed by atoms with Gasteiger partial charge in [0.1, 0.15) is 5.69 Å². The van der Waals surface area contributed by atoms with Gasteiger partial charge in [0.15, 0.2) is 5.84 Å². The number of nitrogens with two attached hydrogens (primary N) is 1. The van der Waals surface area contributed by atoms with Crippen LogP contribution >= 0.6 is 11.8 Å². The zero-order valence-electron chi connectivity index (χ0n) is 10.2. The lowest BCUT2D eigenvalue weighted by atomic mass is 10.2. The molecule has 6 heteroatoms. The largest absolute Gasteiger partial charge is 0.409 e. The van der Waals surface area contributed by atoms with E-state index in [0.29, 0.717) is 17.0 Å². The second-order valence-corrected chi connectivity index (χ2v) is 5.48. The molecular weight excluding hydrogens is 250 g/mol. The van der Waals surface area contributed by atoms with Crippen molar-refractivity contribution in [2.24, 2.45) is 10.9 Å². The van der Waals surface area contributed by atoms with E-state index in [1.807, 2.05) is 23.9 Å². The highest BCUT2D eigenvalue weighted by Gasteiger charge is 2.24. The summed E-state index contributed by atoms with van der Waals surface area (Å²) in [5.74, 6) is 0.923. The highest BCUT2D eigenvalue weighted by atomic mass is 32.2. The molecule has 2 heterocycles. The fourth-order valence-corrected chi connectivity index (χ4v) is 3.09. The van der Waals surface area contributed by atoms with Gasteiger partial charge >= 0.3 is 0 Å². The molecule has 0 radical (unpaired) electrons. The summed E-state index contributed by atoms with van der Waals surface area (Å²) < 4.78 is 5.53. The molecule has 0 aliphatic carbocycles. The number of amidine groups is 1. The van der Waals surface area contributed by atoms with Gasteiger partial charge < -0.3 is 15.7 Å². The first-order valence-electron chi connectivity index (χ1n) is 5.86. The SMILES string of the molecule is CC1OCCC1SCc1ccnc(/C(N)=N/O)c1. The van der Waals surface area contributed by atoms with Crippen LogP contribution in [0.1, 0.15) is 24.6 Å². The summed E-state index contributed by atoms with van der Waals surface area (Å²) in [6, 6.07) is 3.80. The second-order valence-electron chi connectivity index (χ2n) is 4.25. The average Bonchev–Trinajstić information content (AvgIpc) is 2.81. The molecule has 18 heavy (non-hydrogen) atoms. The Morgan fingerprint density at radius 2 is 2.56 bits per heavy atom. The quantitative estimate of drug-likeness (QED) is 0.375. The van der Waals surface area contributed by atoms with E-state index in [2.05, 4.69) is 17.1 Å². The Morgan fingerprint density at radius 3 is 3.22 bits per heavy atom. The van der Waals surface area contributed by atoms with Gasteiger partial charge in [0.25, 0.3) is 0 Å². The van der Waals surface area contributed by atoms with Crippen LogP contribution in [0.15, 0.2) is 23.5 Å². The van der Waals surface area contributed by atoms with Crippen molar-refractivity contribution in [1.82, 2.24) is 4.98 Å². The van der Waals surface area contributed by atoms with E-state index in [9.17, 15) is 0 Å². The van der Waals surface area contributed by atoms with Crippen LogP contribution in [0.4, 0.5) is 0 Å². The van der Waals surface area contributed by atoms with Crippen LogP contribution in [0.5, 0.6) is 0 Å². The van der Waals surface area contributed by atoms with Crippen molar-refractivity contribution >= 4 is 17.6 Å². The van der Waals surface area contributed by atoms with Crippen molar-refractivity contribution in [1.29, 1.82) is 0 Å². The Balaban J connectivity index is 1.97. The number of hydrogen-bond acceptors (Lipinski definition) is 5. The third-order valence-electron chi connectivity index (χ3n) is 2.97. The van der Waals surface area contributed by atoms with E-state index in [1.54, 1.807) is 6.20 Å². The molecular formula is C12H17N3O2S. The van der Waals surface area contributed by atoms with Crippen molar-refractivity contribution < 1.29 is 9.94 Å². The summed E-state index contributed by atoms with van der Waals surface area (Å²) >= 11 is 1.88. The standard InChI is InChI=1S/C12H17N3O2S/c1-8-11(3-5-17-8)18-7-9-2-4-14-10(6-9)12(13)15-16/h2,4,6,8,11,16H,3,5,7H2,1H3,(H2,13,15). The summed E-state index contributed by atoms with van der Waals surface area (Å²) in [4.78, 5) is 4.06. The molecule has 1 aliphatic rings. The van der Waals surface area contributed by atoms with E-state index >= 15 is 0 Å². The maximum Gasteiger partial charge on any atom is 0.188 e. The van der Waals surface area contributed by atoms with Crippen molar-refractivity contribution in [2.45, 2.75) is 30.5 Å². The monoisotopic (exact) mass is 267 g/mol. The van der Waals surface area contributed by atoms with Gasteiger partial charge in [0.05, 0.1) is 6.10 Å². The van der Waals surface area contributed by atoms with Crippen LogP contribution in [0.2, 0.25) is 0 Å². The number of hydrogen-bond donors (Lipinski definition) is 2. The molecule has 3 N–H and O–H groups in total. The highest BCUT2D eigenvalue weighted by molar-refractivity contribution is 7.99. The number of pyridine rings is 1. The van der Waals surface area contributed by atoms with Crippen LogP contribution in [-0.4, -0.2) is 34.0 Å². The smallest absolute Gasteiger partial charge is 0.188 e. The molecule has 0 saturated carbocycles. The second kappa shape index (κ2) is 6.06. The van der Waals surface area contributed by atoms with Gasteiger partial charge in [-0.2, -0.15) is 11.8 Å². The third kappa shape index (κ3) is 3.14. The summed E-state index contributed by atoms with van der Waals surface area (Å²) in [5, 5.41) is 12.1. The van der Waals surface area contributed by atoms with Gasteiger partial charge in [-0.15, -0.1) is 0 Å². The molecule has 1 fully saturated rings. The predicted molar refractivity (Wildman–Crippen MR) is 71.9 cm³/mol. The highest BCUT2D eigenvalue weighted by Crippen LogP contribution is 2.28. The van der Waals surface area contributed by atoms with Gasteiger partial charge in [-0.05, 0) is 31.0 Å². The minimum atomic E-state index is 0.0411. The number of rotatable bonds is 4. The minimum Gasteiger partial charge on any atom is -0.409 e. The fraction of sp³-hybridized carbons (Fsp3) is 0.500. The van der Waals surface area contributed by atoms with Gasteiger partial charge in [-0.25, -0.2) is 0 Å². The summed E-state index contributed by atoms with van der Waals surface area (Å²) in [5.41, 5.74) is 7.14. The molecule has 1 aliphatic heterocycles. The molecule has 0 amide bonds. The molecule has 0 bridgehead atoms. The van der Waals surface area contributed by atoms with Crippen LogP contribution in [0.3, 0.4) is 0 Å². The molecule has 2 atom stereocenters. The number of oxime groups is 1. The Bertz CT molecular complexity index is 439. The molecule has 98 valence electrons. The maximum atomic E-state index is 8.62. The molecule has 0 aromatic carbocycles. The summed E-state index contributed by atoms with van der Waals surface area (Å²) in [6.45, 7) is 2.96. The van der Waals surface area contributed by atoms with Crippen molar-refractivity contribution in [2.75, 3.05) is 6.61 Å². The summed E-state index contributed by atoms with van der Waals surface area (Å²) in [6.07, 6.45) is 3.10. The Hall–Kier alpha value is -1.27. The predicted octanol–water partition coefficient (Wildman–Crippen LogP) is 1.59. The van der Waals surface area contributed by atoms with E-state index in [-0.39, 0.29) is 5.84 Å². The Labute approximate surface area is 110 Å². The fourth-order valence-electron chi connectivity index (χ4n) is 1.89. The van der Waals surface area contributed by atoms with E-state index < -0.39 is 0 Å². The van der Waals surface area contributed by atoms with Crippen molar-refractivity contribution in [3.63, 3.8) is 0 Å². The first kappa shape index (κ1) is 13.2. The first-order chi connectivity index (χ1) is 8.70. The first-order valence-corrected chi connectivity index (χ1v) is 6.91. The molecule has 2 unspecified atom stereocenters. The molecule has 0 spiro atoms. The van der Waals surface area contributed by atoms with Crippen molar-refractivity contribution in [3.05, 3.63) is 29.6 Å². The van der Waals surface area contributed by atoms with Crippen LogP contribution < -0.4 is 5.73 Å². The summed E-state index contributed by atoms with van der Waals surface area (Å²) in [7, 11) is 0. The van der Waals surface area contributed by atoms with E-state index in [4.69, 9.17) is 15.7 Å². The zero-order chi connectivity index (χ0) is 13.0. The third-order valence-corrected chi connectivity index (χ3v) is 4.51. The number of ether oxygens (including phenoxy) is 1. The molecule has 2 rings (SSSR count). The maximum absolute atomic E-state index is 8.62. The lowest BCUT2D eigenvalue weighted by Gasteiger charge is -2.13. The zero-order valence-corrected chi connectivity index (χ0v) is 11.1. The minimum absolute atomic E-state index is 0.0411. The molecule has 1 saturated heterocycles. The average molecular weight is 267 g/mol. The van der Waals surface area contributed by atoms with Crippen LogP contribution in [0, 0.1) is 0 Å². The number of nitrogens with zero attached hydrogens (tertiary/aromatic N) is 2.